The van der Waals surface area contributed by atoms with Gasteiger partial charge in [-0.15, -0.1) is 0 Å². The van der Waals surface area contributed by atoms with Gasteiger partial charge in [0, 0.05) is 0 Å². The summed E-state index contributed by atoms with van der Waals surface area (Å²) in [6.45, 7) is 14.9. The highest BCUT2D eigenvalue weighted by Gasteiger charge is 2.46. The third-order valence-electron chi connectivity index (χ3n) is 7.43. The topological polar surface area (TPSA) is 0 Å². The summed E-state index contributed by atoms with van der Waals surface area (Å²) in [5.74, 6) is 7.91. The normalized spacial score (nSPS) is 46.8. The fraction of sp³-hybridized carbons (Fsp3) is 1.00. The maximum absolute atomic E-state index is 2.58. The first kappa shape index (κ1) is 16.4. The van der Waals surface area contributed by atoms with Crippen molar-refractivity contribution >= 4 is 0 Å². The minimum atomic E-state index is 0.931. The molecule has 2 aliphatic rings. The molecular weight excluding hydrogens is 240 g/mol. The predicted molar refractivity (Wildman–Crippen MR) is 89.7 cm³/mol. The Morgan fingerprint density at radius 3 is 2.30 bits per heavy atom. The maximum atomic E-state index is 2.58. The molecule has 0 bridgehead atoms. The monoisotopic (exact) mass is 278 g/mol. The lowest BCUT2D eigenvalue weighted by Crippen LogP contribution is -2.45. The summed E-state index contributed by atoms with van der Waals surface area (Å²) in [7, 11) is 0. The van der Waals surface area contributed by atoms with E-state index in [4.69, 9.17) is 0 Å². The Balaban J connectivity index is 2.12. The molecule has 118 valence electrons. The van der Waals surface area contributed by atoms with Crippen molar-refractivity contribution in [1.29, 1.82) is 0 Å². The van der Waals surface area contributed by atoms with Crippen LogP contribution in [0.5, 0.6) is 0 Å². The van der Waals surface area contributed by atoms with E-state index >= 15 is 0 Å². The average Bonchev–Trinajstić information content (AvgIpc) is 2.45. The summed E-state index contributed by atoms with van der Waals surface area (Å²) >= 11 is 0. The van der Waals surface area contributed by atoms with Crippen molar-refractivity contribution < 1.29 is 0 Å². The van der Waals surface area contributed by atoms with Crippen LogP contribution in [-0.4, -0.2) is 0 Å². The van der Waals surface area contributed by atoms with E-state index in [-0.39, 0.29) is 0 Å². The molecule has 0 aromatic heterocycles. The fourth-order valence-corrected chi connectivity index (χ4v) is 5.74. The van der Waals surface area contributed by atoms with Gasteiger partial charge in [0.25, 0.3) is 0 Å². The van der Waals surface area contributed by atoms with Crippen LogP contribution in [0.15, 0.2) is 0 Å². The van der Waals surface area contributed by atoms with Gasteiger partial charge in [-0.05, 0) is 73.0 Å². The summed E-state index contributed by atoms with van der Waals surface area (Å²) in [4.78, 5) is 0. The third-order valence-corrected chi connectivity index (χ3v) is 7.43. The van der Waals surface area contributed by atoms with Gasteiger partial charge in [-0.25, -0.2) is 0 Å². The molecule has 0 heteroatoms. The van der Waals surface area contributed by atoms with Crippen molar-refractivity contribution in [2.45, 2.75) is 80.1 Å². The smallest absolute Gasteiger partial charge is 0.0326 e. The standard InChI is InChI=1S/C20H38/c1-7-13(3)11-17-9-10-18-12-14(4)15(5)16(6)20(18)19(17)8-2/h13-20H,7-12H2,1-6H3. The van der Waals surface area contributed by atoms with Crippen LogP contribution in [0.1, 0.15) is 80.1 Å². The van der Waals surface area contributed by atoms with E-state index in [1.807, 2.05) is 0 Å². The SMILES string of the molecule is CCC(C)CC1CCC2CC(C)C(C)C(C)C2C1CC. The van der Waals surface area contributed by atoms with Crippen LogP contribution in [0, 0.1) is 47.3 Å². The largest absolute Gasteiger partial charge is 0.0651 e. The predicted octanol–water partition coefficient (Wildman–Crippen LogP) is 6.40. The van der Waals surface area contributed by atoms with Gasteiger partial charge in [0.1, 0.15) is 0 Å². The van der Waals surface area contributed by atoms with Crippen LogP contribution in [0.4, 0.5) is 0 Å². The zero-order valence-corrected chi connectivity index (χ0v) is 14.9. The molecule has 0 aromatic rings. The highest BCUT2D eigenvalue weighted by molar-refractivity contribution is 4.95. The summed E-state index contributed by atoms with van der Waals surface area (Å²) in [5, 5.41) is 0. The van der Waals surface area contributed by atoms with Gasteiger partial charge in [0.05, 0.1) is 0 Å². The Bertz CT molecular complexity index is 292. The van der Waals surface area contributed by atoms with Gasteiger partial charge in [-0.3, -0.25) is 0 Å². The molecule has 0 saturated heterocycles. The Morgan fingerprint density at radius 2 is 1.70 bits per heavy atom. The molecule has 0 spiro atoms. The molecule has 0 heterocycles. The molecule has 2 saturated carbocycles. The fourth-order valence-electron chi connectivity index (χ4n) is 5.74. The van der Waals surface area contributed by atoms with E-state index in [0.717, 1.165) is 47.3 Å². The number of hydrogen-bond donors (Lipinski definition) is 0. The Morgan fingerprint density at radius 1 is 1.00 bits per heavy atom. The highest BCUT2D eigenvalue weighted by Crippen LogP contribution is 2.54. The first-order valence-electron chi connectivity index (χ1n) is 9.49. The van der Waals surface area contributed by atoms with Crippen molar-refractivity contribution in [3.05, 3.63) is 0 Å². The molecule has 0 amide bonds. The van der Waals surface area contributed by atoms with Crippen molar-refractivity contribution in [2.24, 2.45) is 47.3 Å². The van der Waals surface area contributed by atoms with Gasteiger partial charge in [-0.2, -0.15) is 0 Å². The summed E-state index contributed by atoms with van der Waals surface area (Å²) in [5.41, 5.74) is 0. The second-order valence-electron chi connectivity index (χ2n) is 8.43. The van der Waals surface area contributed by atoms with Gasteiger partial charge in [0.15, 0.2) is 0 Å². The summed E-state index contributed by atoms with van der Waals surface area (Å²) < 4.78 is 0. The van der Waals surface area contributed by atoms with Gasteiger partial charge in [-0.1, -0.05) is 54.4 Å². The van der Waals surface area contributed by atoms with Crippen molar-refractivity contribution in [3.8, 4) is 0 Å². The Hall–Kier alpha value is 0. The third kappa shape index (κ3) is 3.09. The van der Waals surface area contributed by atoms with Gasteiger partial charge >= 0.3 is 0 Å². The van der Waals surface area contributed by atoms with E-state index in [0.29, 0.717) is 0 Å². The second-order valence-corrected chi connectivity index (χ2v) is 8.43. The quantitative estimate of drug-likeness (QED) is 0.558. The van der Waals surface area contributed by atoms with Gasteiger partial charge in [0.2, 0.25) is 0 Å². The highest BCUT2D eigenvalue weighted by atomic mass is 14.5. The lowest BCUT2D eigenvalue weighted by molar-refractivity contribution is -0.0377. The number of rotatable bonds is 4. The maximum Gasteiger partial charge on any atom is -0.0326 e. The minimum Gasteiger partial charge on any atom is -0.0651 e. The van der Waals surface area contributed by atoms with Crippen molar-refractivity contribution in [3.63, 3.8) is 0 Å². The van der Waals surface area contributed by atoms with E-state index in [2.05, 4.69) is 41.5 Å². The van der Waals surface area contributed by atoms with E-state index in [1.54, 1.807) is 0 Å². The Kier molecular flexibility index (Phi) is 5.60. The average molecular weight is 279 g/mol. The molecule has 0 N–H and O–H groups in total. The molecule has 2 rings (SSSR count). The number of fused-ring (bicyclic) bond motifs is 1. The zero-order valence-electron chi connectivity index (χ0n) is 14.9. The molecule has 0 aromatic carbocycles. The Labute approximate surface area is 128 Å². The first-order chi connectivity index (χ1) is 9.49. The molecular formula is C20H38. The lowest BCUT2D eigenvalue weighted by atomic mass is 9.52. The number of hydrogen-bond acceptors (Lipinski definition) is 0. The van der Waals surface area contributed by atoms with Crippen molar-refractivity contribution in [1.82, 2.24) is 0 Å². The molecule has 20 heavy (non-hydrogen) atoms. The van der Waals surface area contributed by atoms with Crippen LogP contribution in [-0.2, 0) is 0 Å². The van der Waals surface area contributed by atoms with E-state index < -0.39 is 0 Å². The molecule has 0 aliphatic heterocycles. The van der Waals surface area contributed by atoms with Crippen LogP contribution < -0.4 is 0 Å². The zero-order chi connectivity index (χ0) is 14.9. The molecule has 2 aliphatic carbocycles. The second kappa shape index (κ2) is 6.84. The van der Waals surface area contributed by atoms with E-state index in [9.17, 15) is 0 Å². The van der Waals surface area contributed by atoms with Gasteiger partial charge < -0.3 is 0 Å². The van der Waals surface area contributed by atoms with Crippen LogP contribution >= 0.6 is 0 Å². The van der Waals surface area contributed by atoms with Crippen LogP contribution in [0.25, 0.3) is 0 Å². The first-order valence-corrected chi connectivity index (χ1v) is 9.49. The summed E-state index contributed by atoms with van der Waals surface area (Å²) in [6, 6.07) is 0. The molecule has 8 atom stereocenters. The molecule has 0 radical (unpaired) electrons. The summed E-state index contributed by atoms with van der Waals surface area (Å²) in [6.07, 6.45) is 8.86. The van der Waals surface area contributed by atoms with Crippen LogP contribution in [0.3, 0.4) is 0 Å². The van der Waals surface area contributed by atoms with Crippen LogP contribution in [0.2, 0.25) is 0 Å². The lowest BCUT2D eigenvalue weighted by Gasteiger charge is -2.53. The minimum absolute atomic E-state index is 0.931. The molecule has 8 unspecified atom stereocenters. The molecule has 2 fully saturated rings. The van der Waals surface area contributed by atoms with E-state index in [1.165, 1.54) is 38.5 Å². The molecule has 0 nitrogen and oxygen atoms in total. The van der Waals surface area contributed by atoms with Crippen molar-refractivity contribution in [2.75, 3.05) is 0 Å².